The van der Waals surface area contributed by atoms with Crippen molar-refractivity contribution in [3.8, 4) is 22.4 Å². The molecule has 0 spiro atoms. The van der Waals surface area contributed by atoms with E-state index in [0.29, 0.717) is 6.54 Å². The molecular formula is C32H25N7O. The van der Waals surface area contributed by atoms with Crippen molar-refractivity contribution in [2.75, 3.05) is 0 Å². The number of amides is 1. The normalized spacial score (nSPS) is 11.4. The molecule has 0 bridgehead atoms. The lowest BCUT2D eigenvalue weighted by Gasteiger charge is -2.13. The topological polar surface area (TPSA) is 90.0 Å². The average molecular weight is 524 g/mol. The highest BCUT2D eigenvalue weighted by molar-refractivity contribution is 5.98. The number of hydrogen-bond donors (Lipinski definition) is 1. The van der Waals surface area contributed by atoms with Crippen molar-refractivity contribution >= 4 is 33.4 Å². The van der Waals surface area contributed by atoms with Gasteiger partial charge in [0.2, 0.25) is 5.91 Å². The van der Waals surface area contributed by atoms with E-state index in [-0.39, 0.29) is 12.5 Å². The van der Waals surface area contributed by atoms with E-state index in [1.807, 2.05) is 78.2 Å². The quantitative estimate of drug-likeness (QED) is 0.307. The van der Waals surface area contributed by atoms with E-state index in [4.69, 9.17) is 4.98 Å². The van der Waals surface area contributed by atoms with Crippen molar-refractivity contribution in [2.45, 2.75) is 20.0 Å². The van der Waals surface area contributed by atoms with E-state index in [2.05, 4.69) is 50.9 Å². The molecule has 0 saturated carbocycles. The van der Waals surface area contributed by atoms with Crippen LogP contribution in [0.5, 0.6) is 0 Å². The molecule has 0 aliphatic carbocycles. The van der Waals surface area contributed by atoms with Crippen LogP contribution in [-0.2, 0) is 17.9 Å². The van der Waals surface area contributed by atoms with Crippen molar-refractivity contribution in [1.82, 2.24) is 34.7 Å². The Kier molecular flexibility index (Phi) is 5.78. The van der Waals surface area contributed by atoms with Gasteiger partial charge in [-0.15, -0.1) is 10.2 Å². The molecule has 0 fully saturated rings. The number of rotatable bonds is 6. The SMILES string of the molecule is Cc1nnc2c3cc(-c4ccccc4)c(-c4ccc(CNC(=O)Cn5ncc6ccccc65)cc4)nc3ccn12. The molecule has 0 saturated heterocycles. The monoisotopic (exact) mass is 523 g/mol. The Labute approximate surface area is 229 Å². The van der Waals surface area contributed by atoms with E-state index in [0.717, 1.165) is 61.2 Å². The minimum atomic E-state index is -0.0875. The van der Waals surface area contributed by atoms with E-state index in [1.54, 1.807) is 10.9 Å². The minimum absolute atomic E-state index is 0.0875. The van der Waals surface area contributed by atoms with Gasteiger partial charge in [-0.2, -0.15) is 5.10 Å². The highest BCUT2D eigenvalue weighted by Gasteiger charge is 2.15. The number of nitrogens with one attached hydrogen (secondary N) is 1. The Morgan fingerprint density at radius 3 is 2.52 bits per heavy atom. The summed E-state index contributed by atoms with van der Waals surface area (Å²) in [6.07, 6.45) is 3.74. The number of hydrogen-bond acceptors (Lipinski definition) is 5. The number of para-hydroxylation sites is 1. The second-order valence-electron chi connectivity index (χ2n) is 9.77. The van der Waals surface area contributed by atoms with E-state index in [9.17, 15) is 4.79 Å². The molecule has 0 atom stereocenters. The summed E-state index contributed by atoms with van der Waals surface area (Å²) in [5.74, 6) is 0.749. The maximum atomic E-state index is 12.6. The van der Waals surface area contributed by atoms with Gasteiger partial charge < -0.3 is 5.32 Å². The molecule has 3 aromatic carbocycles. The highest BCUT2D eigenvalue weighted by Crippen LogP contribution is 2.34. The van der Waals surface area contributed by atoms with Gasteiger partial charge in [0.1, 0.15) is 12.4 Å². The zero-order valence-corrected chi connectivity index (χ0v) is 21.8. The van der Waals surface area contributed by atoms with Gasteiger partial charge in [0, 0.05) is 34.6 Å². The Bertz CT molecular complexity index is 2010. The van der Waals surface area contributed by atoms with Gasteiger partial charge in [-0.25, -0.2) is 4.98 Å². The van der Waals surface area contributed by atoms with Crippen LogP contribution < -0.4 is 5.32 Å². The van der Waals surface area contributed by atoms with Crippen LogP contribution in [0.4, 0.5) is 0 Å². The Balaban J connectivity index is 1.17. The van der Waals surface area contributed by atoms with Crippen molar-refractivity contribution in [3.63, 3.8) is 0 Å². The van der Waals surface area contributed by atoms with Crippen LogP contribution in [0.3, 0.4) is 0 Å². The summed E-state index contributed by atoms with van der Waals surface area (Å²) in [4.78, 5) is 17.7. The van der Waals surface area contributed by atoms with Gasteiger partial charge >= 0.3 is 0 Å². The predicted molar refractivity (Wildman–Crippen MR) is 155 cm³/mol. The number of carbonyl (C=O) groups excluding carboxylic acids is 1. The number of fused-ring (bicyclic) bond motifs is 4. The smallest absolute Gasteiger partial charge is 0.242 e. The van der Waals surface area contributed by atoms with Gasteiger partial charge in [0.05, 0.1) is 22.9 Å². The van der Waals surface area contributed by atoms with Crippen LogP contribution in [0.2, 0.25) is 0 Å². The first kappa shape index (κ1) is 23.7. The van der Waals surface area contributed by atoms with Crippen LogP contribution in [0.15, 0.2) is 103 Å². The number of aryl methyl sites for hydroxylation is 1. The molecule has 194 valence electrons. The first-order valence-electron chi connectivity index (χ1n) is 13.1. The van der Waals surface area contributed by atoms with Crippen molar-refractivity contribution < 1.29 is 4.79 Å². The van der Waals surface area contributed by atoms with Crippen molar-refractivity contribution in [1.29, 1.82) is 0 Å². The molecule has 40 heavy (non-hydrogen) atoms. The molecule has 7 rings (SSSR count). The average Bonchev–Trinajstić information content (AvgIpc) is 3.59. The fourth-order valence-corrected chi connectivity index (χ4v) is 5.09. The summed E-state index contributed by atoms with van der Waals surface area (Å²) >= 11 is 0. The third-order valence-electron chi connectivity index (χ3n) is 7.19. The lowest BCUT2D eigenvalue weighted by atomic mass is 9.97. The first-order chi connectivity index (χ1) is 19.6. The summed E-state index contributed by atoms with van der Waals surface area (Å²) < 4.78 is 3.70. The van der Waals surface area contributed by atoms with E-state index < -0.39 is 0 Å². The van der Waals surface area contributed by atoms with E-state index in [1.165, 1.54) is 0 Å². The highest BCUT2D eigenvalue weighted by atomic mass is 16.2. The Hall–Kier alpha value is -5.37. The number of nitrogens with zero attached hydrogens (tertiary/aromatic N) is 6. The van der Waals surface area contributed by atoms with Crippen LogP contribution in [0.25, 0.3) is 49.8 Å². The molecule has 1 amide bonds. The predicted octanol–water partition coefficient (Wildman–Crippen LogP) is 5.59. The van der Waals surface area contributed by atoms with Gasteiger partial charge in [-0.05, 0) is 36.2 Å². The van der Waals surface area contributed by atoms with Crippen LogP contribution in [0, 0.1) is 6.92 Å². The van der Waals surface area contributed by atoms with Gasteiger partial charge in [0.25, 0.3) is 0 Å². The maximum Gasteiger partial charge on any atom is 0.242 e. The zero-order chi connectivity index (χ0) is 27.1. The summed E-state index contributed by atoms with van der Waals surface area (Å²) in [5.41, 5.74) is 7.58. The van der Waals surface area contributed by atoms with Gasteiger partial charge in [-0.3, -0.25) is 13.9 Å². The van der Waals surface area contributed by atoms with Crippen LogP contribution in [0.1, 0.15) is 11.4 Å². The van der Waals surface area contributed by atoms with Crippen LogP contribution in [-0.4, -0.2) is 35.3 Å². The lowest BCUT2D eigenvalue weighted by Crippen LogP contribution is -2.27. The number of pyridine rings is 2. The third kappa shape index (κ3) is 4.25. The molecule has 4 heterocycles. The van der Waals surface area contributed by atoms with Crippen molar-refractivity contribution in [3.05, 3.63) is 115 Å². The molecule has 8 nitrogen and oxygen atoms in total. The van der Waals surface area contributed by atoms with E-state index >= 15 is 0 Å². The summed E-state index contributed by atoms with van der Waals surface area (Å²) in [6, 6.07) is 30.5. The first-order valence-corrected chi connectivity index (χ1v) is 13.1. The Morgan fingerprint density at radius 1 is 0.875 bits per heavy atom. The third-order valence-corrected chi connectivity index (χ3v) is 7.19. The summed E-state index contributed by atoms with van der Waals surface area (Å²) in [6.45, 7) is 2.54. The maximum absolute atomic E-state index is 12.6. The molecule has 0 aliphatic heterocycles. The number of aromatic nitrogens is 6. The molecule has 0 unspecified atom stereocenters. The zero-order valence-electron chi connectivity index (χ0n) is 21.8. The molecular weight excluding hydrogens is 498 g/mol. The lowest BCUT2D eigenvalue weighted by molar-refractivity contribution is -0.121. The van der Waals surface area contributed by atoms with Crippen LogP contribution >= 0.6 is 0 Å². The second kappa shape index (κ2) is 9.74. The molecule has 1 N–H and O–H groups in total. The Morgan fingerprint density at radius 2 is 1.68 bits per heavy atom. The summed E-state index contributed by atoms with van der Waals surface area (Å²) in [5, 5.41) is 18.0. The van der Waals surface area contributed by atoms with Gasteiger partial charge in [0.15, 0.2) is 5.65 Å². The molecule has 0 aliphatic rings. The molecule has 0 radical (unpaired) electrons. The molecule has 4 aromatic heterocycles. The molecule has 8 heteroatoms. The minimum Gasteiger partial charge on any atom is -0.350 e. The number of carbonyl (C=O) groups is 1. The van der Waals surface area contributed by atoms with Gasteiger partial charge in [-0.1, -0.05) is 72.8 Å². The summed E-state index contributed by atoms with van der Waals surface area (Å²) in [7, 11) is 0. The van der Waals surface area contributed by atoms with Crippen molar-refractivity contribution in [2.24, 2.45) is 0 Å². The second-order valence-corrected chi connectivity index (χ2v) is 9.77. The fourth-order valence-electron chi connectivity index (χ4n) is 5.09. The molecule has 7 aromatic rings. The largest absolute Gasteiger partial charge is 0.350 e. The number of benzene rings is 3. The fraction of sp³-hybridized carbons (Fsp3) is 0.0938. The standard InChI is InChI=1S/C32H25N7O/c1-21-36-37-32-27-17-26(23-7-3-2-4-8-23)31(35-28(27)15-16-38(21)32)24-13-11-22(12-14-24)18-33-30(40)20-39-29-10-6-5-9-25(29)19-34-39/h2-17,19H,18,20H2,1H3,(H,33,40).